The van der Waals surface area contributed by atoms with E-state index in [0.717, 1.165) is 11.8 Å². The van der Waals surface area contributed by atoms with Crippen molar-refractivity contribution in [2.45, 2.75) is 103 Å². The van der Waals surface area contributed by atoms with E-state index in [1.165, 1.54) is 120 Å². The van der Waals surface area contributed by atoms with Crippen molar-refractivity contribution in [3.63, 3.8) is 0 Å². The van der Waals surface area contributed by atoms with Crippen LogP contribution in [0.4, 0.5) is 0 Å². The summed E-state index contributed by atoms with van der Waals surface area (Å²) < 4.78 is 0. The standard InChI is InChI=1S/C18H23.C16H19.2CH3.2ClH.Si.Zr/c1-13(2)16-11-15-9-6-10-17(18(15)12-16)14-7-4-3-5-8-14;1-12-10-14-8-5-9-15(16(14)11-12)13-6-3-2-4-7-13;;;;;;/h6,9-14H,3-5,7-8H2,1-2H3;5,8-11,13H,2-4,6-7H2,1H3;2*1H3;2*1H;;/q4*-1;;;;. The van der Waals surface area contributed by atoms with E-state index in [1.807, 2.05) is 0 Å². The molecule has 0 nitrogen and oxygen atoms in total. The SMILES string of the molecule is CC(C)c1cc2c(C3CCCCC3)cccc2[cH-]1.Cc1cc2c(C3CCCCC3)cccc2[cH-]1.Cl.Cl.[CH3-].[CH3-].[Si]=[Zr]. The van der Waals surface area contributed by atoms with E-state index in [1.54, 1.807) is 11.1 Å². The second-order valence-corrected chi connectivity index (χ2v) is 11.3. The molecule has 0 amide bonds. The van der Waals surface area contributed by atoms with Gasteiger partial charge >= 0.3 is 30.2 Å². The van der Waals surface area contributed by atoms with Crippen molar-refractivity contribution in [2.75, 3.05) is 0 Å². The average molecular weight is 673 g/mol. The molecule has 0 aliphatic heterocycles. The van der Waals surface area contributed by atoms with Gasteiger partial charge in [0.25, 0.3) is 0 Å². The molecule has 0 atom stereocenters. The second-order valence-electron chi connectivity index (χ2n) is 11.3. The van der Waals surface area contributed by atoms with Gasteiger partial charge in [-0.2, -0.15) is 12.1 Å². The van der Waals surface area contributed by atoms with Crippen molar-refractivity contribution < 1.29 is 23.3 Å². The Bertz CT molecular complexity index is 1240. The van der Waals surface area contributed by atoms with Crippen LogP contribution >= 0.6 is 24.8 Å². The summed E-state index contributed by atoms with van der Waals surface area (Å²) in [7, 11) is 0. The summed E-state index contributed by atoms with van der Waals surface area (Å²) in [6, 6.07) is 23.2. The summed E-state index contributed by atoms with van der Waals surface area (Å²) in [4.78, 5) is 0. The van der Waals surface area contributed by atoms with Gasteiger partial charge in [-0.1, -0.05) is 82.6 Å². The van der Waals surface area contributed by atoms with Crippen LogP contribution in [0.2, 0.25) is 0 Å². The average Bonchev–Trinajstić information content (AvgIpc) is 3.54. The number of halogens is 2. The first-order chi connectivity index (χ1) is 17.6. The van der Waals surface area contributed by atoms with Gasteiger partial charge in [-0.05, 0) is 43.4 Å². The minimum absolute atomic E-state index is 0. The number of rotatable bonds is 3. The van der Waals surface area contributed by atoms with Crippen molar-refractivity contribution in [3.8, 4) is 0 Å². The minimum atomic E-state index is 0. The summed E-state index contributed by atoms with van der Waals surface area (Å²) in [5.41, 5.74) is 6.11. The molecule has 0 heterocycles. The first-order valence-electron chi connectivity index (χ1n) is 14.2. The molecule has 220 valence electrons. The molecule has 0 saturated heterocycles. The molecule has 2 aliphatic carbocycles. The quantitative estimate of drug-likeness (QED) is 0.150. The van der Waals surface area contributed by atoms with E-state index in [0.29, 0.717) is 5.92 Å². The third-order valence-electron chi connectivity index (χ3n) is 8.49. The molecule has 40 heavy (non-hydrogen) atoms. The molecule has 4 aromatic rings. The molecule has 4 aromatic carbocycles. The summed E-state index contributed by atoms with van der Waals surface area (Å²) in [6.07, 6.45) is 14.1. The second kappa shape index (κ2) is 19.5. The molecular weight excluding hydrogens is 623 g/mol. The molecule has 0 aromatic heterocycles. The van der Waals surface area contributed by atoms with Crippen molar-refractivity contribution in [1.29, 1.82) is 0 Å². The zero-order chi connectivity index (χ0) is 25.5. The summed E-state index contributed by atoms with van der Waals surface area (Å²) in [6.45, 7) is 9.83. The van der Waals surface area contributed by atoms with E-state index < -0.39 is 0 Å². The normalized spacial score (nSPS) is 15.3. The Morgan fingerprint density at radius 2 is 1.10 bits per heavy atom. The van der Waals surface area contributed by atoms with Crippen LogP contribution in [0.15, 0.2) is 60.7 Å². The summed E-state index contributed by atoms with van der Waals surface area (Å²) >= 11 is 1.36. The van der Waals surface area contributed by atoms with E-state index in [4.69, 9.17) is 0 Å². The van der Waals surface area contributed by atoms with Crippen LogP contribution in [0.1, 0.15) is 118 Å². The van der Waals surface area contributed by atoms with E-state index >= 15 is 0 Å². The molecule has 2 aliphatic rings. The predicted octanol–water partition coefficient (Wildman–Crippen LogP) is 12.0. The van der Waals surface area contributed by atoms with Crippen LogP contribution in [-0.4, -0.2) is 6.88 Å². The predicted molar refractivity (Wildman–Crippen MR) is 183 cm³/mol. The maximum atomic E-state index is 3.06. The third-order valence-corrected chi connectivity index (χ3v) is 8.49. The van der Waals surface area contributed by atoms with E-state index in [2.05, 4.69) is 88.3 Å². The molecule has 0 unspecified atom stereocenters. The van der Waals surface area contributed by atoms with Crippen LogP contribution in [0.3, 0.4) is 0 Å². The Hall–Kier alpha value is -0.660. The van der Waals surface area contributed by atoms with Gasteiger partial charge in [0.05, 0.1) is 0 Å². The molecule has 2 fully saturated rings. The van der Waals surface area contributed by atoms with Gasteiger partial charge in [-0.15, -0.1) is 93.9 Å². The van der Waals surface area contributed by atoms with Crippen LogP contribution in [0, 0.1) is 21.8 Å². The molecule has 2 radical (unpaired) electrons. The monoisotopic (exact) mass is 670 g/mol. The van der Waals surface area contributed by atoms with Crippen molar-refractivity contribution in [2.24, 2.45) is 0 Å². The van der Waals surface area contributed by atoms with E-state index in [-0.39, 0.29) is 39.7 Å². The van der Waals surface area contributed by atoms with Gasteiger partial charge in [-0.3, -0.25) is 0 Å². The fourth-order valence-electron chi connectivity index (χ4n) is 6.56. The van der Waals surface area contributed by atoms with E-state index in [9.17, 15) is 0 Å². The van der Waals surface area contributed by atoms with Gasteiger partial charge in [0.15, 0.2) is 0 Å². The Balaban J connectivity index is 0.000000657. The number of hydrogen-bond donors (Lipinski definition) is 0. The third kappa shape index (κ3) is 9.69. The molecule has 6 rings (SSSR count). The van der Waals surface area contributed by atoms with Gasteiger partial charge in [0.1, 0.15) is 0 Å². The zero-order valence-electron chi connectivity index (χ0n) is 25.4. The molecule has 2 saturated carbocycles. The number of benzene rings is 2. The molecule has 0 spiro atoms. The topological polar surface area (TPSA) is 0 Å². The zero-order valence-corrected chi connectivity index (χ0v) is 30.5. The summed E-state index contributed by atoms with van der Waals surface area (Å²) in [5.74, 6) is 2.26. The van der Waals surface area contributed by atoms with Crippen LogP contribution in [0.25, 0.3) is 21.5 Å². The van der Waals surface area contributed by atoms with Crippen LogP contribution < -0.4 is 0 Å². The van der Waals surface area contributed by atoms with Crippen molar-refractivity contribution in [1.82, 2.24) is 0 Å². The molecule has 4 heteroatoms. The summed E-state index contributed by atoms with van der Waals surface area (Å²) in [5, 5.41) is 5.90. The molecular formula is C36H50Cl2SiZr-4. The fraction of sp³-hybridized carbons (Fsp3) is 0.444. The number of fused-ring (bicyclic) bond motifs is 2. The van der Waals surface area contributed by atoms with Crippen LogP contribution in [0.5, 0.6) is 0 Å². The first kappa shape index (κ1) is 39.3. The van der Waals surface area contributed by atoms with Gasteiger partial charge in [0.2, 0.25) is 0 Å². The molecule has 0 N–H and O–H groups in total. The Morgan fingerprint density at radius 3 is 1.55 bits per heavy atom. The molecule has 0 bridgehead atoms. The van der Waals surface area contributed by atoms with Gasteiger partial charge in [-0.25, -0.2) is 0 Å². The van der Waals surface area contributed by atoms with Crippen molar-refractivity contribution >= 4 is 53.2 Å². The Morgan fingerprint density at radius 1 is 0.675 bits per heavy atom. The number of aryl methyl sites for hydroxylation is 1. The van der Waals surface area contributed by atoms with Crippen molar-refractivity contribution in [3.05, 3.63) is 97.8 Å². The first-order valence-corrected chi connectivity index (χ1v) is 18.4. The fourth-order valence-corrected chi connectivity index (χ4v) is 6.56. The van der Waals surface area contributed by atoms with Crippen LogP contribution in [-0.2, 0) is 23.3 Å². The Labute approximate surface area is 275 Å². The maximum absolute atomic E-state index is 3.06. The number of hydrogen-bond acceptors (Lipinski definition) is 0. The van der Waals surface area contributed by atoms with Gasteiger partial charge < -0.3 is 14.9 Å². The van der Waals surface area contributed by atoms with Gasteiger partial charge in [0, 0.05) is 0 Å². The Kier molecular flexibility index (Phi) is 19.2.